The van der Waals surface area contributed by atoms with Crippen LogP contribution >= 0.6 is 0 Å². The third-order valence-electron chi connectivity index (χ3n) is 4.47. The standard InChI is InChI=1S/C23H30O7/c1-15(10-17-13-18(25-2)22(29-6)19(14-17)26-3)30-23-20(27-4)11-16(8-7-9-24)12-21(23)28-5/h7-8,11-15,24H,9-10H2,1-6H3. The summed E-state index contributed by atoms with van der Waals surface area (Å²) in [6.07, 6.45) is 3.82. The van der Waals surface area contributed by atoms with Gasteiger partial charge in [-0.25, -0.2) is 0 Å². The molecule has 0 heterocycles. The molecule has 0 aliphatic rings. The van der Waals surface area contributed by atoms with E-state index in [2.05, 4.69) is 0 Å². The topological polar surface area (TPSA) is 75.6 Å². The predicted molar refractivity (Wildman–Crippen MR) is 116 cm³/mol. The summed E-state index contributed by atoms with van der Waals surface area (Å²) in [6.45, 7) is 1.91. The Labute approximate surface area is 177 Å². The van der Waals surface area contributed by atoms with E-state index in [0.29, 0.717) is 40.9 Å². The zero-order valence-corrected chi connectivity index (χ0v) is 18.4. The maximum Gasteiger partial charge on any atom is 0.203 e. The van der Waals surface area contributed by atoms with E-state index in [1.807, 2.05) is 31.2 Å². The number of hydrogen-bond acceptors (Lipinski definition) is 7. The van der Waals surface area contributed by atoms with Crippen molar-refractivity contribution in [1.82, 2.24) is 0 Å². The fourth-order valence-corrected chi connectivity index (χ4v) is 3.13. The van der Waals surface area contributed by atoms with Crippen molar-refractivity contribution in [2.45, 2.75) is 19.4 Å². The molecule has 7 heteroatoms. The third kappa shape index (κ3) is 5.51. The lowest BCUT2D eigenvalue weighted by Gasteiger charge is -2.21. The van der Waals surface area contributed by atoms with Crippen molar-refractivity contribution in [1.29, 1.82) is 0 Å². The van der Waals surface area contributed by atoms with Gasteiger partial charge in [0, 0.05) is 6.42 Å². The molecular formula is C23H30O7. The van der Waals surface area contributed by atoms with Crippen LogP contribution in [0.5, 0.6) is 34.5 Å². The molecule has 0 aliphatic carbocycles. The minimum absolute atomic E-state index is 0.0469. The van der Waals surface area contributed by atoms with Gasteiger partial charge in [0.25, 0.3) is 0 Å². The highest BCUT2D eigenvalue weighted by Gasteiger charge is 2.19. The molecule has 0 saturated heterocycles. The van der Waals surface area contributed by atoms with Crippen LogP contribution in [0, 0.1) is 0 Å². The van der Waals surface area contributed by atoms with Crippen molar-refractivity contribution >= 4 is 6.08 Å². The van der Waals surface area contributed by atoms with Gasteiger partial charge in [-0.15, -0.1) is 0 Å². The quantitative estimate of drug-likeness (QED) is 0.596. The highest BCUT2D eigenvalue weighted by atomic mass is 16.5. The van der Waals surface area contributed by atoms with Gasteiger partial charge >= 0.3 is 0 Å². The first-order valence-electron chi connectivity index (χ1n) is 9.50. The number of hydrogen-bond donors (Lipinski definition) is 1. The highest BCUT2D eigenvalue weighted by Crippen LogP contribution is 2.41. The van der Waals surface area contributed by atoms with E-state index in [1.165, 1.54) is 0 Å². The number of ether oxygens (including phenoxy) is 6. The number of aliphatic hydroxyl groups excluding tert-OH is 1. The van der Waals surface area contributed by atoms with Crippen molar-refractivity contribution in [2.75, 3.05) is 42.2 Å². The van der Waals surface area contributed by atoms with Gasteiger partial charge in [0.15, 0.2) is 23.0 Å². The van der Waals surface area contributed by atoms with Crippen LogP contribution in [0.3, 0.4) is 0 Å². The van der Waals surface area contributed by atoms with E-state index in [9.17, 15) is 0 Å². The van der Waals surface area contributed by atoms with Crippen molar-refractivity contribution < 1.29 is 33.5 Å². The molecule has 2 aromatic rings. The molecule has 2 aromatic carbocycles. The third-order valence-corrected chi connectivity index (χ3v) is 4.47. The number of benzene rings is 2. The molecule has 1 N–H and O–H groups in total. The molecule has 0 saturated carbocycles. The van der Waals surface area contributed by atoms with Crippen molar-refractivity contribution in [3.05, 3.63) is 41.5 Å². The van der Waals surface area contributed by atoms with Gasteiger partial charge < -0.3 is 33.5 Å². The molecule has 30 heavy (non-hydrogen) atoms. The van der Waals surface area contributed by atoms with Gasteiger partial charge in [0.05, 0.1) is 42.2 Å². The summed E-state index contributed by atoms with van der Waals surface area (Å²) >= 11 is 0. The zero-order chi connectivity index (χ0) is 22.1. The Bertz CT molecular complexity index is 811. The highest BCUT2D eigenvalue weighted by molar-refractivity contribution is 5.62. The number of methoxy groups -OCH3 is 5. The molecular weight excluding hydrogens is 388 g/mol. The largest absolute Gasteiger partial charge is 0.493 e. The molecule has 1 atom stereocenters. The number of aliphatic hydroxyl groups is 1. The van der Waals surface area contributed by atoms with Gasteiger partial charge in [-0.3, -0.25) is 0 Å². The summed E-state index contributed by atoms with van der Waals surface area (Å²) in [7, 11) is 7.90. The van der Waals surface area contributed by atoms with E-state index in [1.54, 1.807) is 47.7 Å². The summed E-state index contributed by atoms with van der Waals surface area (Å²) in [5.41, 5.74) is 1.81. The SMILES string of the molecule is COc1cc(CC(C)Oc2c(OC)cc(C=CCO)cc2OC)cc(OC)c1OC. The molecule has 0 aromatic heterocycles. The van der Waals surface area contributed by atoms with E-state index in [0.717, 1.165) is 11.1 Å². The molecule has 0 bridgehead atoms. The van der Waals surface area contributed by atoms with E-state index in [-0.39, 0.29) is 12.7 Å². The van der Waals surface area contributed by atoms with Crippen LogP contribution in [-0.2, 0) is 6.42 Å². The second kappa shape index (κ2) is 11.2. The van der Waals surface area contributed by atoms with Crippen LogP contribution in [0.2, 0.25) is 0 Å². The maximum absolute atomic E-state index is 9.00. The van der Waals surface area contributed by atoms with Crippen LogP contribution in [-0.4, -0.2) is 53.4 Å². The van der Waals surface area contributed by atoms with Gasteiger partial charge in [-0.1, -0.05) is 12.2 Å². The Hall–Kier alpha value is -3.06. The van der Waals surface area contributed by atoms with Crippen LogP contribution in [0.4, 0.5) is 0 Å². The Morgan fingerprint density at radius 3 is 1.70 bits per heavy atom. The lowest BCUT2D eigenvalue weighted by molar-refractivity contribution is 0.201. The molecule has 0 fully saturated rings. The van der Waals surface area contributed by atoms with E-state index in [4.69, 9.17) is 33.5 Å². The lowest BCUT2D eigenvalue weighted by atomic mass is 10.1. The number of rotatable bonds is 11. The Morgan fingerprint density at radius 2 is 1.27 bits per heavy atom. The fraction of sp³-hybridized carbons (Fsp3) is 0.391. The summed E-state index contributed by atoms with van der Waals surface area (Å²) < 4.78 is 33.4. The van der Waals surface area contributed by atoms with Gasteiger partial charge in [-0.05, 0) is 42.3 Å². The minimum atomic E-state index is -0.200. The van der Waals surface area contributed by atoms with Crippen molar-refractivity contribution in [3.8, 4) is 34.5 Å². The van der Waals surface area contributed by atoms with E-state index >= 15 is 0 Å². The maximum atomic E-state index is 9.00. The average Bonchev–Trinajstić information content (AvgIpc) is 2.77. The van der Waals surface area contributed by atoms with Crippen LogP contribution < -0.4 is 28.4 Å². The molecule has 7 nitrogen and oxygen atoms in total. The first kappa shape index (κ1) is 23.2. The fourth-order valence-electron chi connectivity index (χ4n) is 3.13. The first-order valence-corrected chi connectivity index (χ1v) is 9.50. The average molecular weight is 418 g/mol. The molecule has 0 radical (unpaired) electrons. The monoisotopic (exact) mass is 418 g/mol. The molecule has 0 amide bonds. The van der Waals surface area contributed by atoms with Crippen LogP contribution in [0.1, 0.15) is 18.1 Å². The van der Waals surface area contributed by atoms with Gasteiger partial charge in [0.2, 0.25) is 11.5 Å². The molecule has 164 valence electrons. The summed E-state index contributed by atoms with van der Waals surface area (Å²) in [4.78, 5) is 0. The second-order valence-corrected chi connectivity index (χ2v) is 6.51. The van der Waals surface area contributed by atoms with Gasteiger partial charge in [-0.2, -0.15) is 0 Å². The molecule has 2 rings (SSSR count). The zero-order valence-electron chi connectivity index (χ0n) is 18.4. The smallest absolute Gasteiger partial charge is 0.203 e. The second-order valence-electron chi connectivity index (χ2n) is 6.51. The van der Waals surface area contributed by atoms with Crippen molar-refractivity contribution in [3.63, 3.8) is 0 Å². The Morgan fingerprint density at radius 1 is 0.767 bits per heavy atom. The van der Waals surface area contributed by atoms with Crippen LogP contribution in [0.15, 0.2) is 30.3 Å². The van der Waals surface area contributed by atoms with Crippen molar-refractivity contribution in [2.24, 2.45) is 0 Å². The summed E-state index contributed by atoms with van der Waals surface area (Å²) in [5.74, 6) is 3.34. The molecule has 0 spiro atoms. The molecule has 1 unspecified atom stereocenters. The summed E-state index contributed by atoms with van der Waals surface area (Å²) in [5, 5.41) is 9.00. The lowest BCUT2D eigenvalue weighted by Crippen LogP contribution is -2.16. The molecule has 0 aliphatic heterocycles. The predicted octanol–water partition coefficient (Wildman–Crippen LogP) is 3.75. The summed E-state index contributed by atoms with van der Waals surface area (Å²) in [6, 6.07) is 7.46. The van der Waals surface area contributed by atoms with Crippen LogP contribution in [0.25, 0.3) is 6.08 Å². The first-order chi connectivity index (χ1) is 14.5. The Kier molecular flexibility index (Phi) is 8.68. The minimum Gasteiger partial charge on any atom is -0.493 e. The normalized spacial score (nSPS) is 11.8. The van der Waals surface area contributed by atoms with Gasteiger partial charge in [0.1, 0.15) is 6.10 Å². The van der Waals surface area contributed by atoms with E-state index < -0.39 is 0 Å². The Balaban J connectivity index is 2.30.